The van der Waals surface area contributed by atoms with Crippen LogP contribution in [0.25, 0.3) is 11.4 Å². The van der Waals surface area contributed by atoms with Crippen molar-refractivity contribution >= 4 is 6.03 Å². The summed E-state index contributed by atoms with van der Waals surface area (Å²) in [5.74, 6) is 1.96. The van der Waals surface area contributed by atoms with Gasteiger partial charge >= 0.3 is 6.03 Å². The lowest BCUT2D eigenvalue weighted by molar-refractivity contribution is 0.125. The van der Waals surface area contributed by atoms with Gasteiger partial charge in [-0.3, -0.25) is 4.90 Å². The van der Waals surface area contributed by atoms with Gasteiger partial charge in [-0.05, 0) is 37.1 Å². The lowest BCUT2D eigenvalue weighted by atomic mass is 10.2. The van der Waals surface area contributed by atoms with Crippen LogP contribution in [0.15, 0.2) is 28.8 Å². The van der Waals surface area contributed by atoms with Crippen molar-refractivity contribution in [2.75, 3.05) is 33.3 Å². The Morgan fingerprint density at radius 2 is 1.89 bits per heavy atom. The first kappa shape index (κ1) is 18.7. The minimum absolute atomic E-state index is 0.0751. The molecule has 150 valence electrons. The van der Waals surface area contributed by atoms with Crippen molar-refractivity contribution < 1.29 is 14.1 Å². The van der Waals surface area contributed by atoms with Crippen LogP contribution in [0.1, 0.15) is 31.6 Å². The van der Waals surface area contributed by atoms with Crippen LogP contribution >= 0.6 is 0 Å². The Bertz CT molecular complexity index is 777. The molecule has 2 aliphatic rings. The van der Waals surface area contributed by atoms with Crippen molar-refractivity contribution in [2.45, 2.75) is 38.3 Å². The molecular formula is C20H27N5O3. The molecule has 1 aliphatic carbocycles. The van der Waals surface area contributed by atoms with Crippen LogP contribution in [0.2, 0.25) is 0 Å². The number of ether oxygens (including phenoxy) is 1. The van der Waals surface area contributed by atoms with E-state index in [2.05, 4.69) is 20.4 Å². The topological polar surface area (TPSA) is 83.7 Å². The van der Waals surface area contributed by atoms with Gasteiger partial charge in [0.2, 0.25) is 11.7 Å². The first-order valence-electron chi connectivity index (χ1n) is 9.96. The predicted octanol–water partition coefficient (Wildman–Crippen LogP) is 2.52. The van der Waals surface area contributed by atoms with Crippen LogP contribution < -0.4 is 10.1 Å². The fourth-order valence-corrected chi connectivity index (χ4v) is 3.81. The molecule has 8 nitrogen and oxygen atoms in total. The maximum absolute atomic E-state index is 12.4. The van der Waals surface area contributed by atoms with Crippen LogP contribution in [0.3, 0.4) is 0 Å². The molecule has 0 spiro atoms. The van der Waals surface area contributed by atoms with Crippen LogP contribution in [-0.4, -0.2) is 65.3 Å². The minimum atomic E-state index is 0.0751. The molecule has 2 fully saturated rings. The van der Waals surface area contributed by atoms with Gasteiger partial charge in [0.25, 0.3) is 0 Å². The molecule has 28 heavy (non-hydrogen) atoms. The summed E-state index contributed by atoms with van der Waals surface area (Å²) >= 11 is 0. The molecule has 0 atom stereocenters. The van der Waals surface area contributed by atoms with E-state index in [4.69, 9.17) is 9.26 Å². The highest BCUT2D eigenvalue weighted by Crippen LogP contribution is 2.21. The predicted molar refractivity (Wildman–Crippen MR) is 104 cm³/mol. The van der Waals surface area contributed by atoms with Gasteiger partial charge in [-0.2, -0.15) is 4.98 Å². The van der Waals surface area contributed by atoms with Gasteiger partial charge in [0, 0.05) is 37.8 Å². The van der Waals surface area contributed by atoms with Crippen molar-refractivity contribution in [1.82, 2.24) is 25.3 Å². The molecule has 0 unspecified atom stereocenters. The van der Waals surface area contributed by atoms with Crippen LogP contribution in [0, 0.1) is 0 Å². The number of aromatic nitrogens is 2. The van der Waals surface area contributed by atoms with Gasteiger partial charge < -0.3 is 19.5 Å². The largest absolute Gasteiger partial charge is 0.497 e. The highest BCUT2D eigenvalue weighted by atomic mass is 16.5. The second-order valence-electron chi connectivity index (χ2n) is 7.43. The summed E-state index contributed by atoms with van der Waals surface area (Å²) in [6, 6.07) is 8.01. The first-order valence-corrected chi connectivity index (χ1v) is 9.96. The number of carbonyl (C=O) groups is 1. The third kappa shape index (κ3) is 4.44. The van der Waals surface area contributed by atoms with Gasteiger partial charge in [0.1, 0.15) is 5.75 Å². The zero-order valence-electron chi connectivity index (χ0n) is 16.3. The van der Waals surface area contributed by atoms with Gasteiger partial charge in [-0.15, -0.1) is 0 Å². The molecule has 1 aromatic heterocycles. The fourth-order valence-electron chi connectivity index (χ4n) is 3.81. The van der Waals surface area contributed by atoms with Crippen LogP contribution in [-0.2, 0) is 6.54 Å². The number of hydrogen-bond donors (Lipinski definition) is 1. The van der Waals surface area contributed by atoms with E-state index < -0.39 is 0 Å². The van der Waals surface area contributed by atoms with Gasteiger partial charge in [0.15, 0.2) is 0 Å². The van der Waals surface area contributed by atoms with Crippen molar-refractivity contribution in [3.05, 3.63) is 30.2 Å². The van der Waals surface area contributed by atoms with E-state index in [-0.39, 0.29) is 6.03 Å². The molecule has 1 saturated heterocycles. The molecule has 1 saturated carbocycles. The Hall–Kier alpha value is -2.61. The van der Waals surface area contributed by atoms with Crippen LogP contribution in [0.4, 0.5) is 4.79 Å². The molecule has 1 aliphatic heterocycles. The number of rotatable bonds is 5. The van der Waals surface area contributed by atoms with Crippen molar-refractivity contribution in [3.63, 3.8) is 0 Å². The summed E-state index contributed by atoms with van der Waals surface area (Å²) in [5.41, 5.74) is 0.893. The van der Waals surface area contributed by atoms with E-state index in [0.717, 1.165) is 50.3 Å². The number of nitrogens with zero attached hydrogens (tertiary/aromatic N) is 4. The summed E-state index contributed by atoms with van der Waals surface area (Å²) in [5, 5.41) is 7.24. The number of carbonyl (C=O) groups excluding carboxylic acids is 1. The highest BCUT2D eigenvalue weighted by molar-refractivity contribution is 5.74. The molecule has 4 rings (SSSR count). The molecule has 0 bridgehead atoms. The molecule has 1 aromatic carbocycles. The molecule has 1 N–H and O–H groups in total. The minimum Gasteiger partial charge on any atom is -0.497 e. The standard InChI is InChI=1S/C20H27N5O3/c1-27-17-8-6-15(7-9-17)19-22-18(28-23-19)14-24-10-12-25(13-11-24)20(26)21-16-4-2-3-5-16/h6-9,16H,2-5,10-14H2,1H3,(H,21,26). The summed E-state index contributed by atoms with van der Waals surface area (Å²) in [4.78, 5) is 21.0. The summed E-state index contributed by atoms with van der Waals surface area (Å²) in [7, 11) is 1.64. The zero-order chi connectivity index (χ0) is 19.3. The normalized spacial score (nSPS) is 18.4. The lowest BCUT2D eigenvalue weighted by Gasteiger charge is -2.34. The highest BCUT2D eigenvalue weighted by Gasteiger charge is 2.25. The van der Waals surface area contributed by atoms with Crippen molar-refractivity contribution in [2.24, 2.45) is 0 Å². The monoisotopic (exact) mass is 385 g/mol. The second-order valence-corrected chi connectivity index (χ2v) is 7.43. The maximum Gasteiger partial charge on any atom is 0.317 e. The Morgan fingerprint density at radius 3 is 2.57 bits per heavy atom. The van der Waals surface area contributed by atoms with E-state index in [0.29, 0.717) is 24.3 Å². The molecule has 2 heterocycles. The summed E-state index contributed by atoms with van der Waals surface area (Å²) in [6.07, 6.45) is 4.67. The molecular weight excluding hydrogens is 358 g/mol. The van der Waals surface area contributed by atoms with E-state index in [1.165, 1.54) is 12.8 Å². The molecule has 2 amide bonds. The molecule has 2 aromatic rings. The maximum atomic E-state index is 12.4. The molecule has 8 heteroatoms. The third-order valence-electron chi connectivity index (χ3n) is 5.52. The number of benzene rings is 1. The first-order chi connectivity index (χ1) is 13.7. The smallest absolute Gasteiger partial charge is 0.317 e. The summed E-state index contributed by atoms with van der Waals surface area (Å²) < 4.78 is 10.6. The number of amides is 2. The number of urea groups is 1. The number of hydrogen-bond acceptors (Lipinski definition) is 6. The summed E-state index contributed by atoms with van der Waals surface area (Å²) in [6.45, 7) is 3.65. The Balaban J connectivity index is 1.26. The van der Waals surface area contributed by atoms with Crippen molar-refractivity contribution in [1.29, 1.82) is 0 Å². The quantitative estimate of drug-likeness (QED) is 0.851. The number of nitrogens with one attached hydrogen (secondary N) is 1. The number of methoxy groups -OCH3 is 1. The zero-order valence-corrected chi connectivity index (χ0v) is 16.3. The SMILES string of the molecule is COc1ccc(-c2noc(CN3CCN(C(=O)NC4CCCC4)CC3)n2)cc1. The number of piperazine rings is 1. The average Bonchev–Trinajstić information content (AvgIpc) is 3.41. The Labute approximate surface area is 164 Å². The van der Waals surface area contributed by atoms with E-state index in [1.807, 2.05) is 29.2 Å². The van der Waals surface area contributed by atoms with Gasteiger partial charge in [0.05, 0.1) is 13.7 Å². The van der Waals surface area contributed by atoms with Gasteiger partial charge in [-0.1, -0.05) is 18.0 Å². The Kier molecular flexibility index (Phi) is 5.76. The third-order valence-corrected chi connectivity index (χ3v) is 5.52. The second kappa shape index (κ2) is 8.60. The van der Waals surface area contributed by atoms with E-state index in [1.54, 1.807) is 7.11 Å². The lowest BCUT2D eigenvalue weighted by Crippen LogP contribution is -2.52. The fraction of sp³-hybridized carbons (Fsp3) is 0.550. The van der Waals surface area contributed by atoms with Crippen LogP contribution in [0.5, 0.6) is 5.75 Å². The average molecular weight is 385 g/mol. The van der Waals surface area contributed by atoms with Gasteiger partial charge in [-0.25, -0.2) is 4.79 Å². The molecule has 0 radical (unpaired) electrons. The Morgan fingerprint density at radius 1 is 1.18 bits per heavy atom. The van der Waals surface area contributed by atoms with E-state index >= 15 is 0 Å². The van der Waals surface area contributed by atoms with E-state index in [9.17, 15) is 4.79 Å². The van der Waals surface area contributed by atoms with Crippen molar-refractivity contribution in [3.8, 4) is 17.1 Å².